The zero-order valence-electron chi connectivity index (χ0n) is 11.9. The largest absolute Gasteiger partial charge is 0.391 e. The van der Waals surface area contributed by atoms with E-state index in [9.17, 15) is 20.0 Å². The summed E-state index contributed by atoms with van der Waals surface area (Å²) in [6.45, 7) is 5.78. The molecule has 0 radical (unpaired) electrons. The summed E-state index contributed by atoms with van der Waals surface area (Å²) in [7, 11) is 0. The molecule has 1 rings (SSSR count). The summed E-state index contributed by atoms with van der Waals surface area (Å²) in [5.74, 6) is -0.224. The molecule has 2 N–H and O–H groups in total. The second kappa shape index (κ2) is 7.00. The van der Waals surface area contributed by atoms with Gasteiger partial charge < -0.3 is 10.4 Å². The number of rotatable bonds is 6. The Kier molecular flexibility index (Phi) is 5.64. The van der Waals surface area contributed by atoms with Crippen LogP contribution in [0.2, 0.25) is 0 Å². The maximum atomic E-state index is 12.0. The highest BCUT2D eigenvalue weighted by molar-refractivity contribution is 5.98. The number of hydrogen-bond donors (Lipinski definition) is 2. The number of nitrogens with zero attached hydrogens (tertiary/aromatic N) is 1. The van der Waals surface area contributed by atoms with Crippen LogP contribution in [0.4, 0.5) is 5.69 Å². The first-order valence-electron chi connectivity index (χ1n) is 6.52. The fourth-order valence-corrected chi connectivity index (χ4v) is 1.92. The molecular formula is C14H20N2O4. The molecule has 0 aliphatic rings. The molecule has 0 saturated heterocycles. The van der Waals surface area contributed by atoms with Gasteiger partial charge >= 0.3 is 0 Å². The van der Waals surface area contributed by atoms with E-state index < -0.39 is 16.9 Å². The standard InChI is InChI=1S/C14H20N2O4/c1-9(2)6-11(17)8-15-14(18)12-7-10(3)4-5-13(12)16(19)20/h4-5,7,9,11,17H,6,8H2,1-3H3,(H,15,18). The average molecular weight is 280 g/mol. The summed E-state index contributed by atoms with van der Waals surface area (Å²) >= 11 is 0. The summed E-state index contributed by atoms with van der Waals surface area (Å²) in [6, 6.07) is 4.37. The van der Waals surface area contributed by atoms with E-state index in [1.165, 1.54) is 12.1 Å². The molecule has 20 heavy (non-hydrogen) atoms. The van der Waals surface area contributed by atoms with Gasteiger partial charge in [-0.3, -0.25) is 14.9 Å². The van der Waals surface area contributed by atoms with Crippen LogP contribution in [0.5, 0.6) is 0 Å². The van der Waals surface area contributed by atoms with Gasteiger partial charge in [-0.2, -0.15) is 0 Å². The molecule has 6 heteroatoms. The van der Waals surface area contributed by atoms with Crippen LogP contribution < -0.4 is 5.32 Å². The number of nitro groups is 1. The van der Waals surface area contributed by atoms with Gasteiger partial charge in [0, 0.05) is 12.6 Å². The van der Waals surface area contributed by atoms with E-state index in [0.717, 1.165) is 5.56 Å². The predicted octanol–water partition coefficient (Wildman–Crippen LogP) is 2.04. The monoisotopic (exact) mass is 280 g/mol. The highest BCUT2D eigenvalue weighted by atomic mass is 16.6. The minimum absolute atomic E-state index is 0.0201. The predicted molar refractivity (Wildman–Crippen MR) is 75.6 cm³/mol. The van der Waals surface area contributed by atoms with Gasteiger partial charge in [-0.25, -0.2) is 0 Å². The second-order valence-electron chi connectivity index (χ2n) is 5.27. The highest BCUT2D eigenvalue weighted by Crippen LogP contribution is 2.19. The number of benzene rings is 1. The maximum Gasteiger partial charge on any atom is 0.282 e. The minimum atomic E-state index is -0.650. The molecule has 0 aromatic heterocycles. The van der Waals surface area contributed by atoms with Crippen molar-refractivity contribution in [2.24, 2.45) is 5.92 Å². The number of aryl methyl sites for hydroxylation is 1. The lowest BCUT2D eigenvalue weighted by atomic mass is 10.1. The van der Waals surface area contributed by atoms with E-state index >= 15 is 0 Å². The lowest BCUT2D eigenvalue weighted by Gasteiger charge is -2.14. The summed E-state index contributed by atoms with van der Waals surface area (Å²) in [4.78, 5) is 22.3. The van der Waals surface area contributed by atoms with Crippen molar-refractivity contribution in [1.29, 1.82) is 0 Å². The first-order chi connectivity index (χ1) is 9.31. The summed E-state index contributed by atoms with van der Waals surface area (Å²) in [5.41, 5.74) is 0.557. The number of aliphatic hydroxyl groups excluding tert-OH is 1. The van der Waals surface area contributed by atoms with Crippen molar-refractivity contribution in [3.63, 3.8) is 0 Å². The van der Waals surface area contributed by atoms with Crippen LogP contribution in [0.1, 0.15) is 36.2 Å². The smallest absolute Gasteiger partial charge is 0.282 e. The first kappa shape index (κ1) is 16.1. The average Bonchev–Trinajstić information content (AvgIpc) is 2.34. The van der Waals surface area contributed by atoms with Gasteiger partial charge in [0.15, 0.2) is 0 Å². The number of nitro benzene ring substituents is 1. The van der Waals surface area contributed by atoms with Crippen LogP contribution in [0.25, 0.3) is 0 Å². The van der Waals surface area contributed by atoms with Gasteiger partial charge in [0.1, 0.15) is 5.56 Å². The number of carbonyl (C=O) groups excluding carboxylic acids is 1. The van der Waals surface area contributed by atoms with Crippen molar-refractivity contribution >= 4 is 11.6 Å². The fourth-order valence-electron chi connectivity index (χ4n) is 1.92. The zero-order chi connectivity index (χ0) is 15.3. The van der Waals surface area contributed by atoms with E-state index in [2.05, 4.69) is 5.32 Å². The Morgan fingerprint density at radius 3 is 2.65 bits per heavy atom. The molecule has 0 fully saturated rings. The molecule has 0 spiro atoms. The lowest BCUT2D eigenvalue weighted by molar-refractivity contribution is -0.385. The molecule has 1 aromatic carbocycles. The van der Waals surface area contributed by atoms with Gasteiger partial charge in [-0.1, -0.05) is 19.9 Å². The van der Waals surface area contributed by atoms with Gasteiger partial charge in [-0.15, -0.1) is 0 Å². The van der Waals surface area contributed by atoms with Crippen molar-refractivity contribution in [1.82, 2.24) is 5.32 Å². The normalized spacial score (nSPS) is 12.2. The second-order valence-corrected chi connectivity index (χ2v) is 5.27. The van der Waals surface area contributed by atoms with E-state index in [-0.39, 0.29) is 17.8 Å². The lowest BCUT2D eigenvalue weighted by Crippen LogP contribution is -2.33. The van der Waals surface area contributed by atoms with Crippen molar-refractivity contribution < 1.29 is 14.8 Å². The highest BCUT2D eigenvalue weighted by Gasteiger charge is 2.20. The SMILES string of the molecule is Cc1ccc([N+](=O)[O-])c(C(=O)NCC(O)CC(C)C)c1. The first-order valence-corrected chi connectivity index (χ1v) is 6.52. The fraction of sp³-hybridized carbons (Fsp3) is 0.500. The number of carbonyl (C=O) groups is 1. The van der Waals surface area contributed by atoms with E-state index in [1.807, 2.05) is 13.8 Å². The van der Waals surface area contributed by atoms with Crippen LogP contribution in [0.15, 0.2) is 18.2 Å². The molecule has 1 atom stereocenters. The van der Waals surface area contributed by atoms with E-state index in [1.54, 1.807) is 13.0 Å². The Bertz CT molecular complexity index is 500. The van der Waals surface area contributed by atoms with Gasteiger partial charge in [0.2, 0.25) is 0 Å². The molecule has 0 saturated carbocycles. The number of amides is 1. The molecule has 6 nitrogen and oxygen atoms in total. The topological polar surface area (TPSA) is 92.5 Å². The molecule has 110 valence electrons. The van der Waals surface area contributed by atoms with Gasteiger partial charge in [0.25, 0.3) is 11.6 Å². The number of hydrogen-bond acceptors (Lipinski definition) is 4. The third kappa shape index (κ3) is 4.62. The van der Waals surface area contributed by atoms with Crippen LogP contribution in [0.3, 0.4) is 0 Å². The molecule has 0 aliphatic carbocycles. The van der Waals surface area contributed by atoms with Crippen molar-refractivity contribution in [2.75, 3.05) is 6.54 Å². The Morgan fingerprint density at radius 1 is 1.45 bits per heavy atom. The molecule has 1 aromatic rings. The molecule has 1 amide bonds. The maximum absolute atomic E-state index is 12.0. The summed E-state index contributed by atoms with van der Waals surface area (Å²) in [5, 5.41) is 23.1. The molecule has 1 unspecified atom stereocenters. The quantitative estimate of drug-likeness (QED) is 0.616. The van der Waals surface area contributed by atoms with Crippen molar-refractivity contribution in [2.45, 2.75) is 33.3 Å². The Balaban J connectivity index is 2.77. The Morgan fingerprint density at radius 2 is 2.10 bits per heavy atom. The van der Waals surface area contributed by atoms with Gasteiger partial charge in [0.05, 0.1) is 11.0 Å². The molecule has 0 bridgehead atoms. The Hall–Kier alpha value is -1.95. The zero-order valence-corrected chi connectivity index (χ0v) is 11.9. The van der Waals surface area contributed by atoms with Crippen molar-refractivity contribution in [3.8, 4) is 0 Å². The van der Waals surface area contributed by atoms with Crippen LogP contribution in [-0.2, 0) is 0 Å². The van der Waals surface area contributed by atoms with E-state index in [0.29, 0.717) is 12.3 Å². The van der Waals surface area contributed by atoms with Crippen LogP contribution in [-0.4, -0.2) is 28.6 Å². The third-order valence-electron chi connectivity index (χ3n) is 2.84. The number of nitrogens with one attached hydrogen (secondary N) is 1. The minimum Gasteiger partial charge on any atom is -0.391 e. The molecular weight excluding hydrogens is 260 g/mol. The summed E-state index contributed by atoms with van der Waals surface area (Å²) < 4.78 is 0. The van der Waals surface area contributed by atoms with E-state index in [4.69, 9.17) is 0 Å². The van der Waals surface area contributed by atoms with Gasteiger partial charge in [-0.05, 0) is 30.9 Å². The Labute approximate surface area is 118 Å². The van der Waals surface area contributed by atoms with Crippen LogP contribution >= 0.6 is 0 Å². The molecule has 0 aliphatic heterocycles. The van der Waals surface area contributed by atoms with Crippen molar-refractivity contribution in [3.05, 3.63) is 39.4 Å². The summed E-state index contributed by atoms with van der Waals surface area (Å²) in [6.07, 6.45) is -0.0845. The number of aliphatic hydroxyl groups is 1. The third-order valence-corrected chi connectivity index (χ3v) is 2.84. The van der Waals surface area contributed by atoms with Crippen LogP contribution in [0, 0.1) is 23.0 Å². The molecule has 0 heterocycles.